The molecular weight excluding hydrogens is 506 g/mol. The normalized spacial score (nSPS) is 19.2. The molecule has 0 radical (unpaired) electrons. The highest BCUT2D eigenvalue weighted by atomic mass is 35.5. The number of ether oxygens (including phenoxy) is 1. The highest BCUT2D eigenvalue weighted by molar-refractivity contribution is 6.30. The summed E-state index contributed by atoms with van der Waals surface area (Å²) in [5.74, 6) is 1.15. The number of aromatic nitrogens is 2. The van der Waals surface area contributed by atoms with Crippen molar-refractivity contribution in [3.05, 3.63) is 82.4 Å². The SMILES string of the molecule is CC(C)Oc1cc(C#N)ccc1C1=NC(c2ncc[nH]2)C(c2ccc(Cl)cc2)N1C(=O)N1CCNC(=O)C1. The summed E-state index contributed by atoms with van der Waals surface area (Å²) in [7, 11) is 0. The van der Waals surface area contributed by atoms with Crippen LogP contribution in [0.1, 0.15) is 48.4 Å². The highest BCUT2D eigenvalue weighted by Crippen LogP contribution is 2.44. The largest absolute Gasteiger partial charge is 0.490 e. The molecule has 2 N–H and O–H groups in total. The van der Waals surface area contributed by atoms with Gasteiger partial charge in [-0.3, -0.25) is 14.7 Å². The summed E-state index contributed by atoms with van der Waals surface area (Å²) in [4.78, 5) is 42.1. The second-order valence-electron chi connectivity index (χ2n) is 9.28. The summed E-state index contributed by atoms with van der Waals surface area (Å²) < 4.78 is 6.08. The Morgan fingerprint density at radius 2 is 2.03 bits per heavy atom. The molecule has 10 nitrogen and oxygen atoms in total. The van der Waals surface area contributed by atoms with Gasteiger partial charge in [-0.25, -0.2) is 9.78 Å². The van der Waals surface area contributed by atoms with E-state index >= 15 is 0 Å². The molecule has 38 heavy (non-hydrogen) atoms. The summed E-state index contributed by atoms with van der Waals surface area (Å²) in [5, 5.41) is 12.8. The van der Waals surface area contributed by atoms with Gasteiger partial charge in [0.15, 0.2) is 0 Å². The van der Waals surface area contributed by atoms with E-state index in [0.29, 0.717) is 46.6 Å². The number of amidine groups is 1. The fourth-order valence-corrected chi connectivity index (χ4v) is 4.80. The average Bonchev–Trinajstić information content (AvgIpc) is 3.57. The van der Waals surface area contributed by atoms with E-state index in [2.05, 4.69) is 21.4 Å². The van der Waals surface area contributed by atoms with Gasteiger partial charge in [-0.2, -0.15) is 5.26 Å². The van der Waals surface area contributed by atoms with Crippen LogP contribution in [0.4, 0.5) is 4.79 Å². The summed E-state index contributed by atoms with van der Waals surface area (Å²) in [6.07, 6.45) is 3.16. The first-order chi connectivity index (χ1) is 18.4. The molecule has 194 valence electrons. The van der Waals surface area contributed by atoms with Crippen LogP contribution in [0.2, 0.25) is 5.02 Å². The average molecular weight is 532 g/mol. The zero-order chi connectivity index (χ0) is 26.8. The number of carbonyl (C=O) groups is 2. The number of aliphatic imine (C=N–C) groups is 1. The Kier molecular flexibility index (Phi) is 7.03. The first-order valence-corrected chi connectivity index (χ1v) is 12.6. The number of rotatable bonds is 5. The number of halogens is 1. The lowest BCUT2D eigenvalue weighted by Gasteiger charge is -2.35. The molecular formula is C27H26ClN7O3. The molecule has 0 bridgehead atoms. The first-order valence-electron chi connectivity index (χ1n) is 12.2. The second kappa shape index (κ2) is 10.6. The lowest BCUT2D eigenvalue weighted by atomic mass is 9.98. The van der Waals surface area contributed by atoms with Crippen LogP contribution in [0.5, 0.6) is 5.75 Å². The number of hydrogen-bond donors (Lipinski definition) is 2. The van der Waals surface area contributed by atoms with E-state index in [9.17, 15) is 14.9 Å². The fourth-order valence-electron chi connectivity index (χ4n) is 4.67. The van der Waals surface area contributed by atoms with Crippen LogP contribution < -0.4 is 10.1 Å². The molecule has 0 spiro atoms. The predicted molar refractivity (Wildman–Crippen MR) is 141 cm³/mol. The van der Waals surface area contributed by atoms with Crippen LogP contribution in [0, 0.1) is 11.3 Å². The number of hydrogen-bond acceptors (Lipinski definition) is 6. The second-order valence-corrected chi connectivity index (χ2v) is 9.72. The van der Waals surface area contributed by atoms with Crippen molar-refractivity contribution in [1.82, 2.24) is 25.1 Å². The molecule has 3 aromatic rings. The van der Waals surface area contributed by atoms with E-state index in [1.807, 2.05) is 26.0 Å². The van der Waals surface area contributed by atoms with Crippen LogP contribution in [0.3, 0.4) is 0 Å². The van der Waals surface area contributed by atoms with Crippen LogP contribution in [0.25, 0.3) is 0 Å². The number of H-pyrrole nitrogens is 1. The van der Waals surface area contributed by atoms with Gasteiger partial charge in [-0.1, -0.05) is 23.7 Å². The Bertz CT molecular complexity index is 1410. The fraction of sp³-hybridized carbons (Fsp3) is 0.296. The third kappa shape index (κ3) is 4.93. The molecule has 0 saturated carbocycles. The number of carbonyl (C=O) groups excluding carboxylic acids is 2. The standard InChI is InChI=1S/C27H26ClN7O3/c1-16(2)38-21-13-17(14-29)3-8-20(21)26-33-23(25-31-9-10-32-25)24(18-4-6-19(28)7-5-18)35(26)27(37)34-12-11-30-22(36)15-34/h3-10,13,16,23-24H,11-12,15H2,1-2H3,(H,30,36)(H,31,32). The van der Waals surface area contributed by atoms with Gasteiger partial charge in [-0.15, -0.1) is 0 Å². The number of nitrogens with one attached hydrogen (secondary N) is 2. The summed E-state index contributed by atoms with van der Waals surface area (Å²) in [6, 6.07) is 12.9. The number of imidazole rings is 1. The molecule has 2 unspecified atom stereocenters. The van der Waals surface area contributed by atoms with Crippen molar-refractivity contribution < 1.29 is 14.3 Å². The van der Waals surface area contributed by atoms with Crippen molar-refractivity contribution in [3.8, 4) is 11.8 Å². The molecule has 3 amide bonds. The minimum absolute atomic E-state index is 0.0654. The van der Waals surface area contributed by atoms with E-state index in [-0.39, 0.29) is 24.6 Å². The first kappa shape index (κ1) is 25.3. The Labute approximate surface area is 224 Å². The van der Waals surface area contributed by atoms with Crippen LogP contribution in [0.15, 0.2) is 59.9 Å². The van der Waals surface area contributed by atoms with Gasteiger partial charge >= 0.3 is 6.03 Å². The monoisotopic (exact) mass is 531 g/mol. The minimum Gasteiger partial charge on any atom is -0.490 e. The van der Waals surface area contributed by atoms with E-state index < -0.39 is 12.1 Å². The number of urea groups is 1. The highest BCUT2D eigenvalue weighted by Gasteiger charge is 2.46. The number of amides is 3. The predicted octanol–water partition coefficient (Wildman–Crippen LogP) is 3.82. The molecule has 2 aliphatic rings. The quantitative estimate of drug-likeness (QED) is 0.517. The van der Waals surface area contributed by atoms with Gasteiger partial charge in [-0.05, 0) is 49.7 Å². The third-order valence-electron chi connectivity index (χ3n) is 6.31. The van der Waals surface area contributed by atoms with Crippen molar-refractivity contribution in [2.45, 2.75) is 32.0 Å². The van der Waals surface area contributed by atoms with Crippen molar-refractivity contribution in [1.29, 1.82) is 5.26 Å². The lowest BCUT2D eigenvalue weighted by Crippen LogP contribution is -2.55. The smallest absolute Gasteiger partial charge is 0.326 e. The van der Waals surface area contributed by atoms with Crippen molar-refractivity contribution in [3.63, 3.8) is 0 Å². The molecule has 2 aliphatic heterocycles. The van der Waals surface area contributed by atoms with E-state index in [1.165, 1.54) is 4.90 Å². The van der Waals surface area contributed by atoms with Gasteiger partial charge in [0.05, 0.1) is 29.3 Å². The minimum atomic E-state index is -0.589. The topological polar surface area (TPSA) is 127 Å². The maximum absolute atomic E-state index is 14.2. The van der Waals surface area contributed by atoms with E-state index in [1.54, 1.807) is 47.6 Å². The van der Waals surface area contributed by atoms with Crippen molar-refractivity contribution in [2.24, 2.45) is 4.99 Å². The lowest BCUT2D eigenvalue weighted by molar-refractivity contribution is -0.123. The molecule has 2 aromatic carbocycles. The van der Waals surface area contributed by atoms with Crippen molar-refractivity contribution >= 4 is 29.4 Å². The van der Waals surface area contributed by atoms with Gasteiger partial charge in [0.1, 0.15) is 30.0 Å². The Balaban J connectivity index is 1.69. The number of benzene rings is 2. The van der Waals surface area contributed by atoms with Crippen LogP contribution in [-0.4, -0.2) is 63.3 Å². The van der Waals surface area contributed by atoms with Gasteiger partial charge in [0.25, 0.3) is 0 Å². The Morgan fingerprint density at radius 1 is 1.24 bits per heavy atom. The number of nitrogens with zero attached hydrogens (tertiary/aromatic N) is 5. The van der Waals surface area contributed by atoms with Gasteiger partial charge in [0, 0.05) is 30.5 Å². The van der Waals surface area contributed by atoms with E-state index in [4.69, 9.17) is 21.3 Å². The number of aromatic amines is 1. The molecule has 11 heteroatoms. The van der Waals surface area contributed by atoms with Gasteiger partial charge in [0.2, 0.25) is 5.91 Å². The van der Waals surface area contributed by atoms with Crippen LogP contribution in [-0.2, 0) is 4.79 Å². The Hall–Kier alpha value is -4.36. The Morgan fingerprint density at radius 3 is 2.68 bits per heavy atom. The number of piperazine rings is 1. The maximum atomic E-state index is 14.2. The summed E-state index contributed by atoms with van der Waals surface area (Å²) in [6.45, 7) is 4.42. The maximum Gasteiger partial charge on any atom is 0.326 e. The molecule has 5 rings (SSSR count). The van der Waals surface area contributed by atoms with Crippen molar-refractivity contribution in [2.75, 3.05) is 19.6 Å². The zero-order valence-corrected chi connectivity index (χ0v) is 21.6. The van der Waals surface area contributed by atoms with Crippen LogP contribution >= 0.6 is 11.6 Å². The summed E-state index contributed by atoms with van der Waals surface area (Å²) in [5.41, 5.74) is 1.77. The summed E-state index contributed by atoms with van der Waals surface area (Å²) >= 11 is 6.19. The number of nitriles is 1. The molecule has 3 heterocycles. The molecule has 1 fully saturated rings. The van der Waals surface area contributed by atoms with Gasteiger partial charge < -0.3 is 19.9 Å². The van der Waals surface area contributed by atoms with E-state index in [0.717, 1.165) is 5.56 Å². The molecule has 2 atom stereocenters. The zero-order valence-electron chi connectivity index (χ0n) is 20.9. The molecule has 0 aliphatic carbocycles. The molecule has 1 aromatic heterocycles. The molecule has 1 saturated heterocycles. The third-order valence-corrected chi connectivity index (χ3v) is 6.56.